The Balaban J connectivity index is 2.23. The highest BCUT2D eigenvalue weighted by Gasteiger charge is 2.11. The molecular formula is C9H14N4S. The van der Waals surface area contributed by atoms with Crippen LogP contribution in [0.3, 0.4) is 0 Å². The maximum Gasteiger partial charge on any atom is 0.158 e. The van der Waals surface area contributed by atoms with E-state index in [4.69, 9.17) is 18.0 Å². The highest BCUT2D eigenvalue weighted by Crippen LogP contribution is 2.17. The highest BCUT2D eigenvalue weighted by atomic mass is 32.1. The van der Waals surface area contributed by atoms with Crippen molar-refractivity contribution in [3.8, 4) is 0 Å². The van der Waals surface area contributed by atoms with Crippen molar-refractivity contribution in [2.24, 2.45) is 0 Å². The number of nitrogens with zero attached hydrogens (tertiary/aromatic N) is 2. The number of nitrogens with one attached hydrogen (secondary N) is 1. The van der Waals surface area contributed by atoms with Gasteiger partial charge in [0.15, 0.2) is 5.82 Å². The lowest BCUT2D eigenvalue weighted by Gasteiger charge is -2.27. The SMILES string of the molecule is Nc1ncc(N2CCCCC2)[nH]c1=S. The third-order valence-corrected chi connectivity index (χ3v) is 2.81. The van der Waals surface area contributed by atoms with Gasteiger partial charge in [-0.1, -0.05) is 12.2 Å². The van der Waals surface area contributed by atoms with Crippen molar-refractivity contribution in [2.45, 2.75) is 19.3 Å². The van der Waals surface area contributed by atoms with Crippen molar-refractivity contribution in [3.63, 3.8) is 0 Å². The molecule has 0 atom stereocenters. The highest BCUT2D eigenvalue weighted by molar-refractivity contribution is 7.71. The van der Waals surface area contributed by atoms with Crippen molar-refractivity contribution in [1.29, 1.82) is 0 Å². The van der Waals surface area contributed by atoms with Gasteiger partial charge in [-0.3, -0.25) is 0 Å². The molecule has 1 aliphatic rings. The Morgan fingerprint density at radius 3 is 2.71 bits per heavy atom. The van der Waals surface area contributed by atoms with E-state index in [1.807, 2.05) is 0 Å². The van der Waals surface area contributed by atoms with Crippen LogP contribution in [0.5, 0.6) is 0 Å². The number of aromatic amines is 1. The fraction of sp³-hybridized carbons (Fsp3) is 0.556. The van der Waals surface area contributed by atoms with Gasteiger partial charge < -0.3 is 15.6 Å². The smallest absolute Gasteiger partial charge is 0.158 e. The Morgan fingerprint density at radius 1 is 1.36 bits per heavy atom. The fourth-order valence-electron chi connectivity index (χ4n) is 1.70. The topological polar surface area (TPSA) is 57.9 Å². The maximum absolute atomic E-state index is 5.55. The summed E-state index contributed by atoms with van der Waals surface area (Å²) in [4.78, 5) is 9.42. The summed E-state index contributed by atoms with van der Waals surface area (Å²) in [5.74, 6) is 1.39. The Kier molecular flexibility index (Phi) is 2.67. The van der Waals surface area contributed by atoms with E-state index in [9.17, 15) is 0 Å². The number of H-pyrrole nitrogens is 1. The standard InChI is InChI=1S/C9H14N4S/c10-8-9(14)12-7(6-11-8)13-4-2-1-3-5-13/h6H,1-5H2,(H2,10,11)(H,12,14). The number of hydrogen-bond donors (Lipinski definition) is 2. The Hall–Kier alpha value is -1.10. The first-order chi connectivity index (χ1) is 6.77. The lowest BCUT2D eigenvalue weighted by atomic mass is 10.1. The third kappa shape index (κ3) is 1.87. The predicted molar refractivity (Wildman–Crippen MR) is 59.9 cm³/mol. The first-order valence-corrected chi connectivity index (χ1v) is 5.28. The largest absolute Gasteiger partial charge is 0.381 e. The summed E-state index contributed by atoms with van der Waals surface area (Å²) >= 11 is 5.04. The van der Waals surface area contributed by atoms with Crippen LogP contribution in [0.4, 0.5) is 11.6 Å². The van der Waals surface area contributed by atoms with Crippen LogP contribution in [0.2, 0.25) is 0 Å². The molecule has 1 fully saturated rings. The zero-order valence-electron chi connectivity index (χ0n) is 7.99. The van der Waals surface area contributed by atoms with Crippen LogP contribution in [0, 0.1) is 4.64 Å². The van der Waals surface area contributed by atoms with Crippen LogP contribution < -0.4 is 10.6 Å². The van der Waals surface area contributed by atoms with Crippen LogP contribution in [0.25, 0.3) is 0 Å². The van der Waals surface area contributed by atoms with Crippen molar-refractivity contribution in [1.82, 2.24) is 9.97 Å². The minimum atomic E-state index is 0.403. The predicted octanol–water partition coefficient (Wildman–Crippen LogP) is 1.71. The Labute approximate surface area is 88.1 Å². The second kappa shape index (κ2) is 3.96. The van der Waals surface area contributed by atoms with E-state index in [0.29, 0.717) is 10.5 Å². The number of hydrogen-bond acceptors (Lipinski definition) is 4. The van der Waals surface area contributed by atoms with Crippen molar-refractivity contribution < 1.29 is 0 Å². The van der Waals surface area contributed by atoms with Gasteiger partial charge in [0, 0.05) is 13.1 Å². The second-order valence-electron chi connectivity index (χ2n) is 3.53. The molecule has 14 heavy (non-hydrogen) atoms. The van der Waals surface area contributed by atoms with Crippen LogP contribution in [-0.4, -0.2) is 23.1 Å². The summed E-state index contributed by atoms with van der Waals surface area (Å²) in [6.07, 6.45) is 5.56. The molecular weight excluding hydrogens is 196 g/mol. The van der Waals surface area contributed by atoms with E-state index in [0.717, 1.165) is 18.9 Å². The summed E-state index contributed by atoms with van der Waals surface area (Å²) in [7, 11) is 0. The van der Waals surface area contributed by atoms with Crippen molar-refractivity contribution >= 4 is 23.9 Å². The molecule has 0 spiro atoms. The van der Waals surface area contributed by atoms with E-state index >= 15 is 0 Å². The van der Waals surface area contributed by atoms with Gasteiger partial charge in [0.1, 0.15) is 10.5 Å². The lowest BCUT2D eigenvalue weighted by Crippen LogP contribution is -2.30. The molecule has 2 rings (SSSR count). The summed E-state index contributed by atoms with van der Waals surface area (Å²) in [5, 5.41) is 0. The monoisotopic (exact) mass is 210 g/mol. The third-order valence-electron chi connectivity index (χ3n) is 2.50. The molecule has 0 radical (unpaired) electrons. The normalized spacial score (nSPS) is 17.0. The second-order valence-corrected chi connectivity index (χ2v) is 3.94. The summed E-state index contributed by atoms with van der Waals surface area (Å²) < 4.78 is 0.535. The number of rotatable bonds is 1. The van der Waals surface area contributed by atoms with Gasteiger partial charge in [0.2, 0.25) is 0 Å². The number of nitrogen functional groups attached to an aromatic ring is 1. The Morgan fingerprint density at radius 2 is 2.07 bits per heavy atom. The van der Waals surface area contributed by atoms with Crippen molar-refractivity contribution in [3.05, 3.63) is 10.8 Å². The molecule has 1 aromatic heterocycles. The Bertz CT molecular complexity index is 367. The average molecular weight is 210 g/mol. The van der Waals surface area contributed by atoms with Crippen LogP contribution >= 0.6 is 12.2 Å². The molecule has 1 aromatic rings. The van der Waals surface area contributed by atoms with Gasteiger partial charge in [-0.15, -0.1) is 0 Å². The zero-order valence-corrected chi connectivity index (χ0v) is 8.81. The molecule has 76 valence electrons. The summed E-state index contributed by atoms with van der Waals surface area (Å²) in [6, 6.07) is 0. The van der Waals surface area contributed by atoms with Crippen LogP contribution in [-0.2, 0) is 0 Å². The number of nitrogens with two attached hydrogens (primary N) is 1. The molecule has 1 aliphatic heterocycles. The van der Waals surface area contributed by atoms with E-state index < -0.39 is 0 Å². The molecule has 3 N–H and O–H groups in total. The number of anilines is 2. The lowest BCUT2D eigenvalue weighted by molar-refractivity contribution is 0.572. The van der Waals surface area contributed by atoms with Gasteiger partial charge >= 0.3 is 0 Å². The van der Waals surface area contributed by atoms with Crippen molar-refractivity contribution in [2.75, 3.05) is 23.7 Å². The molecule has 0 bridgehead atoms. The summed E-state index contributed by atoms with van der Waals surface area (Å²) in [6.45, 7) is 2.16. The van der Waals surface area contributed by atoms with E-state index in [-0.39, 0.29) is 0 Å². The van der Waals surface area contributed by atoms with E-state index in [1.54, 1.807) is 6.20 Å². The molecule has 1 saturated heterocycles. The minimum Gasteiger partial charge on any atom is -0.381 e. The van der Waals surface area contributed by atoms with Crippen LogP contribution in [0.15, 0.2) is 6.20 Å². The maximum atomic E-state index is 5.55. The van der Waals surface area contributed by atoms with Gasteiger partial charge in [0.05, 0.1) is 6.20 Å². The molecule has 5 heteroatoms. The average Bonchev–Trinajstić information content (AvgIpc) is 2.23. The first-order valence-electron chi connectivity index (χ1n) is 4.87. The molecule has 4 nitrogen and oxygen atoms in total. The molecule has 0 aliphatic carbocycles. The van der Waals surface area contributed by atoms with Gasteiger partial charge in [-0.25, -0.2) is 4.98 Å². The number of aromatic nitrogens is 2. The quantitative estimate of drug-likeness (QED) is 0.693. The first kappa shape index (κ1) is 9.45. The molecule has 0 amide bonds. The minimum absolute atomic E-state index is 0.403. The molecule has 2 heterocycles. The summed E-state index contributed by atoms with van der Waals surface area (Å²) in [5.41, 5.74) is 5.55. The van der Waals surface area contributed by atoms with E-state index in [2.05, 4.69) is 14.9 Å². The van der Waals surface area contributed by atoms with Gasteiger partial charge in [-0.2, -0.15) is 0 Å². The molecule has 0 unspecified atom stereocenters. The molecule has 0 saturated carbocycles. The van der Waals surface area contributed by atoms with Crippen LogP contribution in [0.1, 0.15) is 19.3 Å². The fourth-order valence-corrected chi connectivity index (χ4v) is 1.85. The van der Waals surface area contributed by atoms with E-state index in [1.165, 1.54) is 19.3 Å². The number of piperidine rings is 1. The molecule has 0 aromatic carbocycles. The van der Waals surface area contributed by atoms with Gasteiger partial charge in [-0.05, 0) is 19.3 Å². The van der Waals surface area contributed by atoms with Gasteiger partial charge in [0.25, 0.3) is 0 Å². The zero-order chi connectivity index (χ0) is 9.97.